The summed E-state index contributed by atoms with van der Waals surface area (Å²) in [7, 11) is 0. The molecular formula is C18H15NO. The molecule has 3 aromatic rings. The third-order valence-electron chi connectivity index (χ3n) is 3.24. The third kappa shape index (κ3) is 2.41. The monoisotopic (exact) mass is 261 g/mol. The SMILES string of the molecule is Cc1cccc(-c2ccc(O)c(-c3ccccc3)n2)c1. The molecule has 0 saturated carbocycles. The number of hydrogen-bond donors (Lipinski definition) is 1. The summed E-state index contributed by atoms with van der Waals surface area (Å²) in [6, 6.07) is 21.5. The van der Waals surface area contributed by atoms with Crippen LogP contribution in [-0.2, 0) is 0 Å². The van der Waals surface area contributed by atoms with Crippen LogP contribution >= 0.6 is 0 Å². The van der Waals surface area contributed by atoms with Crippen LogP contribution in [0.1, 0.15) is 5.56 Å². The Morgan fingerprint density at radius 2 is 1.55 bits per heavy atom. The zero-order valence-electron chi connectivity index (χ0n) is 11.2. The van der Waals surface area contributed by atoms with E-state index in [1.54, 1.807) is 6.07 Å². The van der Waals surface area contributed by atoms with E-state index in [9.17, 15) is 5.11 Å². The molecule has 1 heterocycles. The molecule has 0 aliphatic carbocycles. The van der Waals surface area contributed by atoms with Gasteiger partial charge in [0.2, 0.25) is 0 Å². The Labute approximate surface area is 118 Å². The first-order valence-electron chi connectivity index (χ1n) is 6.56. The Morgan fingerprint density at radius 1 is 0.800 bits per heavy atom. The molecule has 1 aromatic heterocycles. The zero-order chi connectivity index (χ0) is 13.9. The average molecular weight is 261 g/mol. The topological polar surface area (TPSA) is 33.1 Å². The molecule has 2 aromatic carbocycles. The molecule has 0 aliphatic heterocycles. The molecule has 0 bridgehead atoms. The molecule has 0 saturated heterocycles. The highest BCUT2D eigenvalue weighted by molar-refractivity contribution is 5.70. The van der Waals surface area contributed by atoms with Gasteiger partial charge < -0.3 is 5.11 Å². The van der Waals surface area contributed by atoms with Crippen LogP contribution in [0, 0.1) is 6.92 Å². The van der Waals surface area contributed by atoms with Gasteiger partial charge in [0.05, 0.1) is 5.69 Å². The van der Waals surface area contributed by atoms with Crippen LogP contribution in [0.4, 0.5) is 0 Å². The normalized spacial score (nSPS) is 10.4. The summed E-state index contributed by atoms with van der Waals surface area (Å²) in [4.78, 5) is 4.60. The number of aromatic nitrogens is 1. The van der Waals surface area contributed by atoms with Crippen molar-refractivity contribution in [1.29, 1.82) is 0 Å². The van der Waals surface area contributed by atoms with E-state index in [-0.39, 0.29) is 5.75 Å². The van der Waals surface area contributed by atoms with Crippen LogP contribution in [0.15, 0.2) is 66.7 Å². The second-order valence-electron chi connectivity index (χ2n) is 4.80. The lowest BCUT2D eigenvalue weighted by molar-refractivity contribution is 0.475. The van der Waals surface area contributed by atoms with Crippen molar-refractivity contribution in [2.24, 2.45) is 0 Å². The number of pyridine rings is 1. The summed E-state index contributed by atoms with van der Waals surface area (Å²) >= 11 is 0. The van der Waals surface area contributed by atoms with Gasteiger partial charge in [-0.15, -0.1) is 0 Å². The molecule has 0 atom stereocenters. The van der Waals surface area contributed by atoms with Crippen molar-refractivity contribution in [3.8, 4) is 28.3 Å². The zero-order valence-corrected chi connectivity index (χ0v) is 11.2. The number of benzene rings is 2. The van der Waals surface area contributed by atoms with Crippen LogP contribution in [0.25, 0.3) is 22.5 Å². The van der Waals surface area contributed by atoms with Crippen molar-refractivity contribution in [2.75, 3.05) is 0 Å². The van der Waals surface area contributed by atoms with Crippen molar-refractivity contribution in [1.82, 2.24) is 4.98 Å². The van der Waals surface area contributed by atoms with E-state index < -0.39 is 0 Å². The standard InChI is InChI=1S/C18H15NO/c1-13-6-5-9-15(12-13)16-10-11-17(20)18(19-16)14-7-3-2-4-8-14/h2-12,20H,1H3. The van der Waals surface area contributed by atoms with Gasteiger partial charge in [0.1, 0.15) is 11.4 Å². The second-order valence-corrected chi connectivity index (χ2v) is 4.80. The first-order valence-corrected chi connectivity index (χ1v) is 6.56. The van der Waals surface area contributed by atoms with Crippen molar-refractivity contribution < 1.29 is 5.11 Å². The molecule has 1 N–H and O–H groups in total. The van der Waals surface area contributed by atoms with E-state index >= 15 is 0 Å². The maximum absolute atomic E-state index is 10.0. The molecule has 20 heavy (non-hydrogen) atoms. The van der Waals surface area contributed by atoms with Gasteiger partial charge in [-0.1, -0.05) is 54.1 Å². The molecular weight excluding hydrogens is 246 g/mol. The molecule has 2 heteroatoms. The lowest BCUT2D eigenvalue weighted by Gasteiger charge is -2.08. The highest BCUT2D eigenvalue weighted by Gasteiger charge is 2.08. The predicted octanol–water partition coefficient (Wildman–Crippen LogP) is 4.43. The Morgan fingerprint density at radius 3 is 2.30 bits per heavy atom. The van der Waals surface area contributed by atoms with Crippen LogP contribution in [0.3, 0.4) is 0 Å². The lowest BCUT2D eigenvalue weighted by Crippen LogP contribution is -1.89. The fraction of sp³-hybridized carbons (Fsp3) is 0.0556. The van der Waals surface area contributed by atoms with Crippen LogP contribution in [0.2, 0.25) is 0 Å². The van der Waals surface area contributed by atoms with Gasteiger partial charge in [0.25, 0.3) is 0 Å². The summed E-state index contributed by atoms with van der Waals surface area (Å²) in [6.45, 7) is 2.06. The van der Waals surface area contributed by atoms with Gasteiger partial charge in [-0.05, 0) is 25.1 Å². The summed E-state index contributed by atoms with van der Waals surface area (Å²) < 4.78 is 0. The van der Waals surface area contributed by atoms with E-state index in [1.807, 2.05) is 48.5 Å². The van der Waals surface area contributed by atoms with Gasteiger partial charge in [-0.3, -0.25) is 0 Å². The first kappa shape index (κ1) is 12.4. The largest absolute Gasteiger partial charge is 0.506 e. The van der Waals surface area contributed by atoms with Gasteiger partial charge >= 0.3 is 0 Å². The maximum Gasteiger partial charge on any atom is 0.141 e. The van der Waals surface area contributed by atoms with Crippen molar-refractivity contribution in [2.45, 2.75) is 6.92 Å². The minimum absolute atomic E-state index is 0.201. The fourth-order valence-corrected chi connectivity index (χ4v) is 2.23. The number of hydrogen-bond acceptors (Lipinski definition) is 2. The second kappa shape index (κ2) is 5.17. The Kier molecular flexibility index (Phi) is 3.21. The average Bonchev–Trinajstić information content (AvgIpc) is 2.48. The molecule has 0 amide bonds. The van der Waals surface area contributed by atoms with Gasteiger partial charge in [-0.25, -0.2) is 4.98 Å². The smallest absolute Gasteiger partial charge is 0.141 e. The number of aromatic hydroxyl groups is 1. The van der Waals surface area contributed by atoms with E-state index in [4.69, 9.17) is 0 Å². The van der Waals surface area contributed by atoms with Gasteiger partial charge in [-0.2, -0.15) is 0 Å². The molecule has 0 aliphatic rings. The van der Waals surface area contributed by atoms with Crippen LogP contribution < -0.4 is 0 Å². The number of rotatable bonds is 2. The molecule has 0 spiro atoms. The predicted molar refractivity (Wildman–Crippen MR) is 81.5 cm³/mol. The van der Waals surface area contributed by atoms with E-state index in [0.717, 1.165) is 16.8 Å². The summed E-state index contributed by atoms with van der Waals surface area (Å²) in [6.07, 6.45) is 0. The third-order valence-corrected chi connectivity index (χ3v) is 3.24. The Balaban J connectivity index is 2.12. The van der Waals surface area contributed by atoms with E-state index in [0.29, 0.717) is 5.69 Å². The van der Waals surface area contributed by atoms with Gasteiger partial charge in [0, 0.05) is 11.1 Å². The number of nitrogens with zero attached hydrogens (tertiary/aromatic N) is 1. The molecule has 98 valence electrons. The minimum atomic E-state index is 0.201. The van der Waals surface area contributed by atoms with Crippen molar-refractivity contribution in [3.05, 3.63) is 72.3 Å². The van der Waals surface area contributed by atoms with Crippen molar-refractivity contribution >= 4 is 0 Å². The first-order chi connectivity index (χ1) is 9.74. The summed E-state index contributed by atoms with van der Waals surface area (Å²) in [5.41, 5.74) is 4.65. The molecule has 2 nitrogen and oxygen atoms in total. The van der Waals surface area contributed by atoms with Gasteiger partial charge in [0.15, 0.2) is 0 Å². The van der Waals surface area contributed by atoms with Crippen LogP contribution in [0.5, 0.6) is 5.75 Å². The maximum atomic E-state index is 10.0. The lowest BCUT2D eigenvalue weighted by atomic mass is 10.1. The fourth-order valence-electron chi connectivity index (χ4n) is 2.23. The Bertz CT molecular complexity index is 735. The highest BCUT2D eigenvalue weighted by Crippen LogP contribution is 2.30. The van der Waals surface area contributed by atoms with E-state index in [2.05, 4.69) is 24.0 Å². The molecule has 0 fully saturated rings. The van der Waals surface area contributed by atoms with Crippen molar-refractivity contribution in [3.63, 3.8) is 0 Å². The number of aryl methyl sites for hydroxylation is 1. The van der Waals surface area contributed by atoms with Crippen LogP contribution in [-0.4, -0.2) is 10.1 Å². The van der Waals surface area contributed by atoms with E-state index in [1.165, 1.54) is 5.56 Å². The highest BCUT2D eigenvalue weighted by atomic mass is 16.3. The quantitative estimate of drug-likeness (QED) is 0.740. The summed E-state index contributed by atoms with van der Waals surface area (Å²) in [5, 5.41) is 10.0. The molecule has 0 unspecified atom stereocenters. The molecule has 0 radical (unpaired) electrons. The summed E-state index contributed by atoms with van der Waals surface area (Å²) in [5.74, 6) is 0.201. The minimum Gasteiger partial charge on any atom is -0.506 e. The Hall–Kier alpha value is -2.61. The molecule has 3 rings (SSSR count).